The maximum atomic E-state index is 12.7. The molecule has 2 aromatic rings. The van der Waals surface area contributed by atoms with Crippen LogP contribution in [0.5, 0.6) is 0 Å². The van der Waals surface area contributed by atoms with Crippen LogP contribution in [-0.4, -0.2) is 48.6 Å². The fraction of sp³-hybridized carbons (Fsp3) is 0.474. The number of methoxy groups -OCH3 is 1. The number of hydrogen-bond donors (Lipinski definition) is 1. The van der Waals surface area contributed by atoms with Crippen LogP contribution in [0.15, 0.2) is 24.3 Å². The number of alkyl halides is 3. The monoisotopic (exact) mass is 413 g/mol. The molecule has 0 fully saturated rings. The van der Waals surface area contributed by atoms with Gasteiger partial charge in [0.05, 0.1) is 24.4 Å². The van der Waals surface area contributed by atoms with Crippen molar-refractivity contribution in [3.8, 4) is 10.6 Å². The molecule has 0 spiro atoms. The van der Waals surface area contributed by atoms with E-state index in [0.29, 0.717) is 36.7 Å². The normalized spacial score (nSPS) is 15.9. The Kier molecular flexibility index (Phi) is 6.36. The Morgan fingerprint density at radius 3 is 2.71 bits per heavy atom. The van der Waals surface area contributed by atoms with Gasteiger partial charge in [-0.3, -0.25) is 9.69 Å². The summed E-state index contributed by atoms with van der Waals surface area (Å²) in [5.41, 5.74) is 0.965. The number of nitrogens with zero attached hydrogens (tertiary/aromatic N) is 2. The Bertz CT molecular complexity index is 821. The average Bonchev–Trinajstić information content (AvgIpc) is 3.04. The number of carbonyl (C=O) groups is 1. The average molecular weight is 413 g/mol. The van der Waals surface area contributed by atoms with E-state index in [0.717, 1.165) is 29.2 Å². The number of halogens is 3. The van der Waals surface area contributed by atoms with E-state index in [2.05, 4.69) is 10.3 Å². The summed E-state index contributed by atoms with van der Waals surface area (Å²) in [5.74, 6) is -0.0551. The van der Waals surface area contributed by atoms with Gasteiger partial charge in [-0.25, -0.2) is 4.98 Å². The molecular weight excluding hydrogens is 391 g/mol. The molecule has 0 saturated carbocycles. The molecule has 1 unspecified atom stereocenters. The van der Waals surface area contributed by atoms with Crippen LogP contribution in [0, 0.1) is 0 Å². The summed E-state index contributed by atoms with van der Waals surface area (Å²) < 4.78 is 43.2. The zero-order valence-electron chi connectivity index (χ0n) is 15.7. The van der Waals surface area contributed by atoms with Gasteiger partial charge < -0.3 is 10.1 Å². The molecule has 152 valence electrons. The maximum Gasteiger partial charge on any atom is 0.416 e. The van der Waals surface area contributed by atoms with Crippen molar-refractivity contribution in [2.45, 2.75) is 32.1 Å². The second kappa shape index (κ2) is 8.59. The Balaban J connectivity index is 1.64. The van der Waals surface area contributed by atoms with Gasteiger partial charge in [-0.15, -0.1) is 11.3 Å². The molecule has 28 heavy (non-hydrogen) atoms. The predicted molar refractivity (Wildman–Crippen MR) is 101 cm³/mol. The molecule has 3 rings (SSSR count). The highest BCUT2D eigenvalue weighted by molar-refractivity contribution is 7.15. The van der Waals surface area contributed by atoms with E-state index in [4.69, 9.17) is 4.74 Å². The first-order valence-electron chi connectivity index (χ1n) is 8.93. The topological polar surface area (TPSA) is 54.5 Å². The third kappa shape index (κ3) is 5.09. The van der Waals surface area contributed by atoms with E-state index < -0.39 is 11.7 Å². The second-order valence-corrected chi connectivity index (χ2v) is 7.93. The molecule has 1 aliphatic rings. The molecule has 0 bridgehead atoms. The van der Waals surface area contributed by atoms with Crippen molar-refractivity contribution >= 4 is 17.2 Å². The molecular formula is C19H22F3N3O2S. The Morgan fingerprint density at radius 1 is 1.36 bits per heavy atom. The first-order valence-corrected chi connectivity index (χ1v) is 9.74. The molecule has 5 nitrogen and oxygen atoms in total. The number of benzene rings is 1. The number of rotatable bonds is 6. The van der Waals surface area contributed by atoms with Crippen molar-refractivity contribution in [1.29, 1.82) is 0 Å². The van der Waals surface area contributed by atoms with Gasteiger partial charge >= 0.3 is 6.18 Å². The fourth-order valence-electron chi connectivity index (χ4n) is 3.12. The molecule has 0 radical (unpaired) electrons. The van der Waals surface area contributed by atoms with E-state index >= 15 is 0 Å². The number of nitrogens with one attached hydrogen (secondary N) is 1. The summed E-state index contributed by atoms with van der Waals surface area (Å²) in [6.45, 7) is 3.96. The number of ether oxygens (including phenoxy) is 1. The molecule has 1 atom stereocenters. The lowest BCUT2D eigenvalue weighted by molar-refractivity contribution is -0.137. The first-order chi connectivity index (χ1) is 13.3. The van der Waals surface area contributed by atoms with Gasteiger partial charge in [-0.1, -0.05) is 12.1 Å². The molecule has 1 N–H and O–H groups in total. The minimum Gasteiger partial charge on any atom is -0.383 e. The Labute approximate surface area is 165 Å². The second-order valence-electron chi connectivity index (χ2n) is 6.85. The van der Waals surface area contributed by atoms with E-state index in [-0.39, 0.29) is 11.9 Å². The summed E-state index contributed by atoms with van der Waals surface area (Å²) in [5, 5.41) is 3.60. The summed E-state index contributed by atoms with van der Waals surface area (Å²) >= 11 is 1.47. The lowest BCUT2D eigenvalue weighted by Gasteiger charge is -2.25. The number of thiazole rings is 1. The van der Waals surface area contributed by atoms with Crippen molar-refractivity contribution in [2.24, 2.45) is 0 Å². The SMILES string of the molecule is COCC(C)NC(=O)CN1CCc2nc(-c3ccc(C(F)(F)F)cc3)sc2C1. The fourth-order valence-corrected chi connectivity index (χ4v) is 4.28. The molecule has 2 heterocycles. The van der Waals surface area contributed by atoms with Crippen LogP contribution in [-0.2, 0) is 28.7 Å². The van der Waals surface area contributed by atoms with E-state index in [9.17, 15) is 18.0 Å². The Morgan fingerprint density at radius 2 is 2.07 bits per heavy atom. The van der Waals surface area contributed by atoms with Crippen LogP contribution in [0.4, 0.5) is 13.2 Å². The van der Waals surface area contributed by atoms with Gasteiger partial charge in [-0.2, -0.15) is 13.2 Å². The van der Waals surface area contributed by atoms with Crippen LogP contribution in [0.2, 0.25) is 0 Å². The quantitative estimate of drug-likeness (QED) is 0.789. The third-order valence-electron chi connectivity index (χ3n) is 4.46. The number of aromatic nitrogens is 1. The number of amides is 1. The van der Waals surface area contributed by atoms with Crippen LogP contribution < -0.4 is 5.32 Å². The lowest BCUT2D eigenvalue weighted by atomic mass is 10.1. The maximum absolute atomic E-state index is 12.7. The van der Waals surface area contributed by atoms with Crippen LogP contribution in [0.25, 0.3) is 10.6 Å². The number of fused-ring (bicyclic) bond motifs is 1. The zero-order chi connectivity index (χ0) is 20.3. The van der Waals surface area contributed by atoms with Crippen LogP contribution in [0.3, 0.4) is 0 Å². The minimum absolute atomic E-state index is 0.0486. The standard InChI is InChI=1S/C19H22F3N3O2S/c1-12(11-27-2)23-17(26)10-25-8-7-15-16(9-25)28-18(24-15)13-3-5-14(6-4-13)19(20,21)22/h3-6,12H,7-11H2,1-2H3,(H,23,26). The van der Waals surface area contributed by atoms with Crippen molar-refractivity contribution in [3.05, 3.63) is 40.4 Å². The largest absolute Gasteiger partial charge is 0.416 e. The van der Waals surface area contributed by atoms with E-state index in [1.165, 1.54) is 23.5 Å². The molecule has 1 aromatic carbocycles. The molecule has 1 aromatic heterocycles. The van der Waals surface area contributed by atoms with Gasteiger partial charge in [0.25, 0.3) is 0 Å². The van der Waals surface area contributed by atoms with Gasteiger partial charge in [0.15, 0.2) is 0 Å². The van der Waals surface area contributed by atoms with Crippen molar-refractivity contribution in [3.63, 3.8) is 0 Å². The summed E-state index contributed by atoms with van der Waals surface area (Å²) in [7, 11) is 1.59. The third-order valence-corrected chi connectivity index (χ3v) is 5.59. The molecule has 0 aliphatic carbocycles. The zero-order valence-corrected chi connectivity index (χ0v) is 16.5. The van der Waals surface area contributed by atoms with Gasteiger partial charge in [0, 0.05) is 43.1 Å². The lowest BCUT2D eigenvalue weighted by Crippen LogP contribution is -2.43. The molecule has 1 aliphatic heterocycles. The predicted octanol–water partition coefficient (Wildman–Crippen LogP) is 3.34. The van der Waals surface area contributed by atoms with Gasteiger partial charge in [0.2, 0.25) is 5.91 Å². The molecule has 1 amide bonds. The highest BCUT2D eigenvalue weighted by Crippen LogP contribution is 2.34. The van der Waals surface area contributed by atoms with Crippen molar-refractivity contribution < 1.29 is 22.7 Å². The number of hydrogen-bond acceptors (Lipinski definition) is 5. The summed E-state index contributed by atoms with van der Waals surface area (Å²) in [6.07, 6.45) is -3.63. The minimum atomic E-state index is -4.34. The first kappa shape index (κ1) is 20.8. The molecule has 0 saturated heterocycles. The van der Waals surface area contributed by atoms with E-state index in [1.807, 2.05) is 11.8 Å². The molecule has 9 heteroatoms. The van der Waals surface area contributed by atoms with Gasteiger partial charge in [0.1, 0.15) is 5.01 Å². The smallest absolute Gasteiger partial charge is 0.383 e. The number of carbonyl (C=O) groups excluding carboxylic acids is 1. The van der Waals surface area contributed by atoms with E-state index in [1.54, 1.807) is 7.11 Å². The summed E-state index contributed by atoms with van der Waals surface area (Å²) in [4.78, 5) is 19.8. The van der Waals surface area contributed by atoms with Crippen molar-refractivity contribution in [1.82, 2.24) is 15.2 Å². The Hall–Kier alpha value is -1.97. The van der Waals surface area contributed by atoms with Gasteiger partial charge in [-0.05, 0) is 19.1 Å². The highest BCUT2D eigenvalue weighted by atomic mass is 32.1. The highest BCUT2D eigenvalue weighted by Gasteiger charge is 2.30. The van der Waals surface area contributed by atoms with Crippen molar-refractivity contribution in [2.75, 3.05) is 26.8 Å². The van der Waals surface area contributed by atoms with Crippen LogP contribution >= 0.6 is 11.3 Å². The van der Waals surface area contributed by atoms with Crippen LogP contribution in [0.1, 0.15) is 23.1 Å². The summed E-state index contributed by atoms with van der Waals surface area (Å²) in [6, 6.07) is 5.01.